The molecule has 2 heterocycles. The lowest BCUT2D eigenvalue weighted by Gasteiger charge is -2.25. The Morgan fingerprint density at radius 2 is 0.707 bits per heavy atom. The molecule has 13 rings (SSSR count). The van der Waals surface area contributed by atoms with Gasteiger partial charge in [0.1, 0.15) is 23.0 Å². The maximum absolute atomic E-state index is 6.59. The van der Waals surface area contributed by atoms with Crippen molar-refractivity contribution in [2.45, 2.75) is 0 Å². The number of para-hydroxylation sites is 2. The van der Waals surface area contributed by atoms with Crippen molar-refractivity contribution < 1.29 is 9.47 Å². The maximum atomic E-state index is 6.59. The number of fused-ring (bicyclic) bond motifs is 7. The van der Waals surface area contributed by atoms with Crippen LogP contribution in [0, 0.1) is 0 Å². The third-order valence-electron chi connectivity index (χ3n) is 12.4. The van der Waals surface area contributed by atoms with Gasteiger partial charge in [0.25, 0.3) is 0 Å². The van der Waals surface area contributed by atoms with E-state index in [4.69, 9.17) is 9.47 Å². The molecule has 0 fully saturated rings. The van der Waals surface area contributed by atoms with Crippen LogP contribution in [0.1, 0.15) is 0 Å². The Labute approximate surface area is 334 Å². The van der Waals surface area contributed by atoms with Gasteiger partial charge in [-0.3, -0.25) is 0 Å². The van der Waals surface area contributed by atoms with Crippen LogP contribution in [-0.4, -0.2) is 0 Å². The highest BCUT2D eigenvalue weighted by Gasteiger charge is 2.26. The minimum absolute atomic E-state index is 0.891. The average molecular weight is 737 g/mol. The summed E-state index contributed by atoms with van der Waals surface area (Å²) in [6, 6.07) is 70.5. The van der Waals surface area contributed by atoms with E-state index >= 15 is 0 Å². The van der Waals surface area contributed by atoms with Crippen LogP contribution in [-0.2, 0) is 0 Å². The fourth-order valence-corrected chi connectivity index (χ4v) is 9.90. The molecule has 2 aliphatic rings. The first-order valence-corrected chi connectivity index (χ1v) is 19.9. The Hall–Kier alpha value is -7.68. The number of rotatable bonds is 3. The van der Waals surface area contributed by atoms with E-state index in [0.29, 0.717) is 0 Å². The Morgan fingerprint density at radius 3 is 1.45 bits per heavy atom. The molecule has 0 saturated carbocycles. The maximum Gasteiger partial charge on any atom is 0.135 e. The fraction of sp³-hybridized carbons (Fsp3) is 0. The van der Waals surface area contributed by atoms with E-state index in [1.54, 1.807) is 0 Å². The molecule has 0 atom stereocenters. The lowest BCUT2D eigenvalue weighted by atomic mass is 9.81. The molecule has 0 aromatic heterocycles. The second kappa shape index (κ2) is 11.9. The first-order valence-electron chi connectivity index (χ1n) is 19.9. The Morgan fingerprint density at radius 1 is 0.241 bits per heavy atom. The fourth-order valence-electron chi connectivity index (χ4n) is 9.90. The smallest absolute Gasteiger partial charge is 0.135 e. The molecule has 2 nitrogen and oxygen atoms in total. The highest BCUT2D eigenvalue weighted by atomic mass is 16.5. The van der Waals surface area contributed by atoms with Crippen molar-refractivity contribution in [2.24, 2.45) is 0 Å². The molecule has 0 aliphatic carbocycles. The van der Waals surface area contributed by atoms with Gasteiger partial charge < -0.3 is 9.47 Å². The van der Waals surface area contributed by atoms with E-state index in [1.165, 1.54) is 87.6 Å². The van der Waals surface area contributed by atoms with Crippen molar-refractivity contribution in [1.82, 2.24) is 0 Å². The van der Waals surface area contributed by atoms with Gasteiger partial charge in [-0.2, -0.15) is 0 Å². The Kier molecular flexibility index (Phi) is 6.47. The van der Waals surface area contributed by atoms with Crippen LogP contribution in [0.5, 0.6) is 23.0 Å². The van der Waals surface area contributed by atoms with Gasteiger partial charge in [-0.25, -0.2) is 0 Å². The van der Waals surface area contributed by atoms with E-state index in [2.05, 4.69) is 182 Å². The van der Waals surface area contributed by atoms with Crippen LogP contribution in [0.25, 0.3) is 109 Å². The van der Waals surface area contributed by atoms with Gasteiger partial charge in [-0.1, -0.05) is 152 Å². The van der Waals surface area contributed by atoms with Crippen molar-refractivity contribution in [3.05, 3.63) is 194 Å². The van der Waals surface area contributed by atoms with Crippen molar-refractivity contribution in [1.29, 1.82) is 0 Å². The summed E-state index contributed by atoms with van der Waals surface area (Å²) in [5, 5.41) is 12.0. The molecule has 0 N–H and O–H groups in total. The van der Waals surface area contributed by atoms with Gasteiger partial charge in [-0.15, -0.1) is 0 Å². The molecule has 0 spiro atoms. The molecule has 11 aromatic rings. The predicted molar refractivity (Wildman–Crippen MR) is 241 cm³/mol. The second-order valence-electron chi connectivity index (χ2n) is 15.5. The molecule has 2 heteroatoms. The standard InChI is InChI=1S/C56H32O2/c1-2-12-34-31-35(24-23-33(34)11-1)36-25-26-47-48(32-36)54(46-29-30-52-55-39(17-9-18-42(46)55)37-13-5-7-20-49(37)58-52)41-16-4-3-15-40(41)53(47)45-28-27-44-38-14-6-8-21-50(38)57-51-22-10-19-43(45)56(44)51/h1-32H. The van der Waals surface area contributed by atoms with Crippen molar-refractivity contribution in [3.8, 4) is 78.6 Å². The zero-order valence-electron chi connectivity index (χ0n) is 31.3. The van der Waals surface area contributed by atoms with Crippen LogP contribution in [0.2, 0.25) is 0 Å². The molecule has 2 aliphatic heterocycles. The third-order valence-corrected chi connectivity index (χ3v) is 12.4. The van der Waals surface area contributed by atoms with Crippen LogP contribution in [0.3, 0.4) is 0 Å². The van der Waals surface area contributed by atoms with Crippen molar-refractivity contribution in [2.75, 3.05) is 0 Å². The zero-order valence-corrected chi connectivity index (χ0v) is 31.3. The van der Waals surface area contributed by atoms with Crippen LogP contribution in [0.15, 0.2) is 194 Å². The molecule has 0 amide bonds. The van der Waals surface area contributed by atoms with Gasteiger partial charge in [-0.05, 0) is 130 Å². The number of ether oxygens (including phenoxy) is 2. The third kappa shape index (κ3) is 4.43. The lowest BCUT2D eigenvalue weighted by molar-refractivity contribution is 0.487. The molecular weight excluding hydrogens is 705 g/mol. The zero-order chi connectivity index (χ0) is 37.9. The molecule has 0 radical (unpaired) electrons. The van der Waals surface area contributed by atoms with Gasteiger partial charge >= 0.3 is 0 Å². The monoisotopic (exact) mass is 736 g/mol. The summed E-state index contributed by atoms with van der Waals surface area (Å²) in [5.41, 5.74) is 11.8. The number of benzene rings is 11. The molecule has 0 saturated heterocycles. The van der Waals surface area contributed by atoms with Gasteiger partial charge in [0.2, 0.25) is 0 Å². The van der Waals surface area contributed by atoms with Crippen LogP contribution >= 0.6 is 0 Å². The van der Waals surface area contributed by atoms with E-state index in [0.717, 1.165) is 44.9 Å². The highest BCUT2D eigenvalue weighted by molar-refractivity contribution is 6.27. The van der Waals surface area contributed by atoms with E-state index in [1.807, 2.05) is 12.1 Å². The molecule has 268 valence electrons. The minimum Gasteiger partial charge on any atom is -0.456 e. The first kappa shape index (κ1) is 31.5. The largest absolute Gasteiger partial charge is 0.456 e. The van der Waals surface area contributed by atoms with E-state index in [9.17, 15) is 0 Å². The Bertz CT molecular complexity index is 3580. The first-order chi connectivity index (χ1) is 28.8. The van der Waals surface area contributed by atoms with Crippen LogP contribution < -0.4 is 9.47 Å². The molecule has 0 bridgehead atoms. The summed E-state index contributed by atoms with van der Waals surface area (Å²) in [7, 11) is 0. The van der Waals surface area contributed by atoms with Gasteiger partial charge in [0.15, 0.2) is 0 Å². The lowest BCUT2D eigenvalue weighted by Crippen LogP contribution is -1.99. The average Bonchev–Trinajstić information content (AvgIpc) is 3.28. The summed E-state index contributed by atoms with van der Waals surface area (Å²) >= 11 is 0. The summed E-state index contributed by atoms with van der Waals surface area (Å²) in [4.78, 5) is 0. The topological polar surface area (TPSA) is 18.5 Å². The minimum atomic E-state index is 0.891. The predicted octanol–water partition coefficient (Wildman–Crippen LogP) is 16.0. The highest BCUT2D eigenvalue weighted by Crippen LogP contribution is 2.54. The van der Waals surface area contributed by atoms with Crippen molar-refractivity contribution in [3.63, 3.8) is 0 Å². The van der Waals surface area contributed by atoms with Crippen LogP contribution in [0.4, 0.5) is 0 Å². The van der Waals surface area contributed by atoms with E-state index < -0.39 is 0 Å². The molecule has 0 unspecified atom stereocenters. The van der Waals surface area contributed by atoms with Crippen molar-refractivity contribution >= 4 is 53.9 Å². The summed E-state index contributed by atoms with van der Waals surface area (Å²) in [6.07, 6.45) is 0. The number of hydrogen-bond donors (Lipinski definition) is 0. The summed E-state index contributed by atoms with van der Waals surface area (Å²) < 4.78 is 13.2. The SMILES string of the molecule is c1ccc2c(c1)Oc1cccc3c(-c4c5ccccc5c(-c5ccc6c7c(cccc57)-c5ccccc5O6)c5cc(-c6ccc7ccccc7c6)ccc45)ccc-2c13. The molecular formula is C56H32O2. The summed E-state index contributed by atoms with van der Waals surface area (Å²) in [5.74, 6) is 3.57. The molecule has 58 heavy (non-hydrogen) atoms. The summed E-state index contributed by atoms with van der Waals surface area (Å²) in [6.45, 7) is 0. The molecule has 11 aromatic carbocycles. The van der Waals surface area contributed by atoms with Gasteiger partial charge in [0, 0.05) is 21.9 Å². The van der Waals surface area contributed by atoms with Gasteiger partial charge in [0.05, 0.1) is 0 Å². The normalized spacial score (nSPS) is 12.4. The number of hydrogen-bond acceptors (Lipinski definition) is 2. The van der Waals surface area contributed by atoms with E-state index in [-0.39, 0.29) is 0 Å². The quantitative estimate of drug-likeness (QED) is 0.168. The Balaban J connectivity index is 1.15. The second-order valence-corrected chi connectivity index (χ2v) is 15.5.